The second-order valence-corrected chi connectivity index (χ2v) is 7.86. The van der Waals surface area contributed by atoms with Crippen LogP contribution >= 0.6 is 0 Å². The van der Waals surface area contributed by atoms with E-state index in [1.54, 1.807) is 13.9 Å². The summed E-state index contributed by atoms with van der Waals surface area (Å²) in [5.74, 6) is 0. The molecule has 0 aromatic heterocycles. The molecule has 0 saturated heterocycles. The Morgan fingerprint density at radius 1 is 1.40 bits per heavy atom. The predicted octanol–water partition coefficient (Wildman–Crippen LogP) is 4.22. The molecule has 2 aliphatic rings. The van der Waals surface area contributed by atoms with Crippen molar-refractivity contribution in [3.8, 4) is 0 Å². The van der Waals surface area contributed by atoms with E-state index >= 15 is 0 Å². The fourth-order valence-corrected chi connectivity index (χ4v) is 6.17. The summed E-state index contributed by atoms with van der Waals surface area (Å²) >= 11 is -1.06. The van der Waals surface area contributed by atoms with Crippen LogP contribution in [0.1, 0.15) is 26.2 Å². The molecule has 0 aromatic carbocycles. The summed E-state index contributed by atoms with van der Waals surface area (Å²) in [7, 11) is 0. The molecule has 0 radical (unpaired) electrons. The summed E-state index contributed by atoms with van der Waals surface area (Å²) in [5.41, 5.74) is 1.57. The molecule has 0 fully saturated rings. The molecule has 81 valence electrons. The van der Waals surface area contributed by atoms with Crippen LogP contribution in [-0.4, -0.2) is 0 Å². The van der Waals surface area contributed by atoms with E-state index in [2.05, 4.69) is 48.6 Å². The van der Waals surface area contributed by atoms with Crippen molar-refractivity contribution >= 4 is 0 Å². The van der Waals surface area contributed by atoms with E-state index in [4.69, 9.17) is 0 Å². The number of allylic oxidation sites excluding steroid dienone is 8. The molecular weight excluding hydrogens is 269 g/mol. The van der Waals surface area contributed by atoms with Crippen molar-refractivity contribution in [1.29, 1.82) is 0 Å². The number of hydrogen-bond acceptors (Lipinski definition) is 0. The molecule has 0 heterocycles. The average Bonchev–Trinajstić information content (AvgIpc) is 2.89. The third-order valence-electron chi connectivity index (χ3n) is 2.67. The molecule has 0 amide bonds. The van der Waals surface area contributed by atoms with Gasteiger partial charge in [0.15, 0.2) is 0 Å². The monoisotopic (exact) mass is 287 g/mol. The SMILES string of the molecule is C=[CH][Ru]([C]1=CC=CC1)[C]1=C(CC)C=CC1. The van der Waals surface area contributed by atoms with Crippen LogP contribution < -0.4 is 0 Å². The molecule has 0 nitrogen and oxygen atoms in total. The first kappa shape index (κ1) is 10.8. The first-order valence-electron chi connectivity index (χ1n) is 5.38. The van der Waals surface area contributed by atoms with E-state index in [-0.39, 0.29) is 0 Å². The first-order chi connectivity index (χ1) is 7.36. The number of rotatable bonds is 4. The Morgan fingerprint density at radius 2 is 2.27 bits per heavy atom. The van der Waals surface area contributed by atoms with E-state index in [9.17, 15) is 0 Å². The minimum absolute atomic E-state index is 1.06. The van der Waals surface area contributed by atoms with Gasteiger partial charge >= 0.3 is 97.7 Å². The van der Waals surface area contributed by atoms with Crippen molar-refractivity contribution < 1.29 is 16.0 Å². The Morgan fingerprint density at radius 3 is 2.87 bits per heavy atom. The van der Waals surface area contributed by atoms with Gasteiger partial charge in [-0.2, -0.15) is 0 Å². The Labute approximate surface area is 97.7 Å². The zero-order valence-electron chi connectivity index (χ0n) is 9.15. The summed E-state index contributed by atoms with van der Waals surface area (Å²) in [6.07, 6.45) is 14.9. The van der Waals surface area contributed by atoms with Crippen molar-refractivity contribution in [2.45, 2.75) is 26.2 Å². The molecule has 0 aliphatic heterocycles. The topological polar surface area (TPSA) is 0 Å². The van der Waals surface area contributed by atoms with Crippen molar-refractivity contribution in [2.24, 2.45) is 0 Å². The third kappa shape index (κ3) is 2.13. The Bertz CT molecular complexity index is 380. The second kappa shape index (κ2) is 4.90. The van der Waals surface area contributed by atoms with Gasteiger partial charge in [-0.25, -0.2) is 0 Å². The predicted molar refractivity (Wildman–Crippen MR) is 63.1 cm³/mol. The molecule has 0 saturated carbocycles. The average molecular weight is 286 g/mol. The van der Waals surface area contributed by atoms with E-state index in [1.165, 1.54) is 12.8 Å². The van der Waals surface area contributed by atoms with Gasteiger partial charge in [0.2, 0.25) is 0 Å². The van der Waals surface area contributed by atoms with Crippen LogP contribution in [0.2, 0.25) is 0 Å². The molecule has 0 unspecified atom stereocenters. The summed E-state index contributed by atoms with van der Waals surface area (Å²) in [4.78, 5) is 0. The van der Waals surface area contributed by atoms with Gasteiger partial charge < -0.3 is 0 Å². The molecule has 0 aromatic rings. The number of hydrogen-bond donors (Lipinski definition) is 0. The van der Waals surface area contributed by atoms with Crippen LogP contribution in [0.5, 0.6) is 0 Å². The molecule has 1 heteroatoms. The van der Waals surface area contributed by atoms with Gasteiger partial charge in [-0.3, -0.25) is 0 Å². The zero-order valence-corrected chi connectivity index (χ0v) is 10.9. The van der Waals surface area contributed by atoms with Gasteiger partial charge in [0.25, 0.3) is 0 Å². The van der Waals surface area contributed by atoms with Crippen LogP contribution in [0.3, 0.4) is 0 Å². The van der Waals surface area contributed by atoms with E-state index in [0.29, 0.717) is 0 Å². The van der Waals surface area contributed by atoms with Crippen LogP contribution in [0.4, 0.5) is 0 Å². The minimum atomic E-state index is -1.06. The molecule has 0 N–H and O–H groups in total. The zero-order chi connectivity index (χ0) is 10.7. The molecule has 15 heavy (non-hydrogen) atoms. The van der Waals surface area contributed by atoms with Crippen molar-refractivity contribution in [3.05, 3.63) is 55.5 Å². The fraction of sp³-hybridized carbons (Fsp3) is 0.286. The van der Waals surface area contributed by atoms with Crippen LogP contribution in [0.25, 0.3) is 0 Å². The van der Waals surface area contributed by atoms with Crippen molar-refractivity contribution in [3.63, 3.8) is 0 Å². The van der Waals surface area contributed by atoms with Gasteiger partial charge in [-0.05, 0) is 0 Å². The van der Waals surface area contributed by atoms with Crippen LogP contribution in [0, 0.1) is 0 Å². The second-order valence-electron chi connectivity index (χ2n) is 3.54. The van der Waals surface area contributed by atoms with Gasteiger partial charge in [0.05, 0.1) is 0 Å². The summed E-state index contributed by atoms with van der Waals surface area (Å²) in [6.45, 7) is 6.30. The summed E-state index contributed by atoms with van der Waals surface area (Å²) in [5, 5.41) is 0. The maximum absolute atomic E-state index is 4.05. The van der Waals surface area contributed by atoms with Gasteiger partial charge in [-0.15, -0.1) is 0 Å². The quantitative estimate of drug-likeness (QED) is 0.679. The van der Waals surface area contributed by atoms with Gasteiger partial charge in [0.1, 0.15) is 0 Å². The molecule has 2 rings (SSSR count). The fourth-order valence-electron chi connectivity index (χ4n) is 1.90. The Balaban J connectivity index is 2.24. The van der Waals surface area contributed by atoms with Gasteiger partial charge in [-0.1, -0.05) is 0 Å². The van der Waals surface area contributed by atoms with Crippen molar-refractivity contribution in [2.75, 3.05) is 0 Å². The Hall–Kier alpha value is -0.677. The van der Waals surface area contributed by atoms with Crippen LogP contribution in [-0.2, 0) is 16.0 Å². The molecule has 2 aliphatic carbocycles. The van der Waals surface area contributed by atoms with E-state index < -0.39 is 16.0 Å². The van der Waals surface area contributed by atoms with E-state index in [1.807, 2.05) is 0 Å². The summed E-state index contributed by atoms with van der Waals surface area (Å²) < 4.78 is 5.58. The molecular formula is C14H17Ru. The standard InChI is InChI=1S/C7H9.C5H5.C2H3.Ru/c1-2-7-5-3-4-6-7;1-2-4-5-3-1;1-2;/h3,5H,2,4H2,1H3;1-3H,4H2;1H,2H2;. The van der Waals surface area contributed by atoms with E-state index in [0.717, 1.165) is 6.42 Å². The Kier molecular flexibility index (Phi) is 3.54. The van der Waals surface area contributed by atoms with Crippen LogP contribution in [0.15, 0.2) is 55.5 Å². The summed E-state index contributed by atoms with van der Waals surface area (Å²) in [6, 6.07) is 0. The van der Waals surface area contributed by atoms with Crippen molar-refractivity contribution in [1.82, 2.24) is 0 Å². The molecule has 0 bridgehead atoms. The third-order valence-corrected chi connectivity index (χ3v) is 7.27. The van der Waals surface area contributed by atoms with Gasteiger partial charge in [0, 0.05) is 0 Å². The normalized spacial score (nSPS) is 19.8. The molecule has 0 atom stereocenters. The first-order valence-corrected chi connectivity index (χ1v) is 8.12. The maximum atomic E-state index is 4.05. The molecule has 0 spiro atoms.